The molecule has 0 atom stereocenters. The Morgan fingerprint density at radius 2 is 2.05 bits per heavy atom. The van der Waals surface area contributed by atoms with E-state index in [1.165, 1.54) is 19.5 Å². The molecule has 0 aliphatic carbocycles. The van der Waals surface area contributed by atoms with Crippen LogP contribution in [0.2, 0.25) is 0 Å². The van der Waals surface area contributed by atoms with Gasteiger partial charge in [-0.2, -0.15) is 0 Å². The molecule has 114 valence electrons. The van der Waals surface area contributed by atoms with Crippen LogP contribution in [-0.2, 0) is 9.53 Å². The number of aromatic nitrogens is 2. The first-order chi connectivity index (χ1) is 10.6. The summed E-state index contributed by atoms with van der Waals surface area (Å²) >= 11 is 0. The second-order valence-electron chi connectivity index (χ2n) is 4.40. The topological polar surface area (TPSA) is 90.4 Å². The maximum absolute atomic E-state index is 11.7. The summed E-state index contributed by atoms with van der Waals surface area (Å²) in [6, 6.07) is 6.85. The molecule has 1 amide bonds. The Bertz CT molecular complexity index is 671. The van der Waals surface area contributed by atoms with Crippen molar-refractivity contribution in [1.29, 1.82) is 0 Å². The maximum atomic E-state index is 11.7. The van der Waals surface area contributed by atoms with Crippen LogP contribution >= 0.6 is 0 Å². The van der Waals surface area contributed by atoms with Crippen LogP contribution in [0.1, 0.15) is 16.2 Å². The first-order valence-corrected chi connectivity index (χ1v) is 6.48. The van der Waals surface area contributed by atoms with E-state index in [0.29, 0.717) is 17.1 Å². The highest BCUT2D eigenvalue weighted by Crippen LogP contribution is 2.16. The number of benzene rings is 1. The van der Waals surface area contributed by atoms with Crippen molar-refractivity contribution in [3.05, 3.63) is 48.0 Å². The summed E-state index contributed by atoms with van der Waals surface area (Å²) in [5.41, 5.74) is 1.29. The van der Waals surface area contributed by atoms with Crippen LogP contribution in [-0.4, -0.2) is 35.6 Å². The van der Waals surface area contributed by atoms with Crippen molar-refractivity contribution >= 4 is 17.6 Å². The van der Waals surface area contributed by atoms with Crippen molar-refractivity contribution in [2.75, 3.05) is 19.0 Å². The van der Waals surface area contributed by atoms with Crippen molar-refractivity contribution in [3.8, 4) is 5.75 Å². The second kappa shape index (κ2) is 7.16. The van der Waals surface area contributed by atoms with Crippen molar-refractivity contribution < 1.29 is 19.1 Å². The summed E-state index contributed by atoms with van der Waals surface area (Å²) in [7, 11) is 1.53. The lowest BCUT2D eigenvalue weighted by molar-refractivity contribution is -0.119. The standard InChI is InChI=1S/C15H15N3O4/c1-10-7-17-13(8-16-10)15(20)22-9-14(19)18-11-4-3-5-12(6-11)21-2/h3-8H,9H2,1-2H3,(H,18,19). The molecule has 0 aliphatic heterocycles. The molecule has 0 aliphatic rings. The molecule has 1 N–H and O–H groups in total. The average Bonchev–Trinajstić information content (AvgIpc) is 2.53. The van der Waals surface area contributed by atoms with E-state index in [2.05, 4.69) is 15.3 Å². The number of anilines is 1. The van der Waals surface area contributed by atoms with Gasteiger partial charge in [-0.1, -0.05) is 6.07 Å². The van der Waals surface area contributed by atoms with E-state index >= 15 is 0 Å². The summed E-state index contributed by atoms with van der Waals surface area (Å²) in [5.74, 6) is -0.542. The summed E-state index contributed by atoms with van der Waals surface area (Å²) in [6.45, 7) is 1.34. The zero-order chi connectivity index (χ0) is 15.9. The van der Waals surface area contributed by atoms with E-state index in [1.54, 1.807) is 31.2 Å². The highest BCUT2D eigenvalue weighted by atomic mass is 16.5. The first-order valence-electron chi connectivity index (χ1n) is 6.48. The number of amides is 1. The predicted octanol–water partition coefficient (Wildman–Crippen LogP) is 1.59. The van der Waals surface area contributed by atoms with Gasteiger partial charge in [0, 0.05) is 18.0 Å². The highest BCUT2D eigenvalue weighted by molar-refractivity contribution is 5.94. The minimum Gasteiger partial charge on any atom is -0.497 e. The number of carbonyl (C=O) groups excluding carboxylic acids is 2. The number of hydrogen-bond donors (Lipinski definition) is 1. The van der Waals surface area contributed by atoms with Crippen molar-refractivity contribution in [3.63, 3.8) is 0 Å². The molecule has 0 saturated carbocycles. The molecule has 0 unspecified atom stereocenters. The maximum Gasteiger partial charge on any atom is 0.359 e. The number of ether oxygens (including phenoxy) is 2. The molecule has 0 bridgehead atoms. The van der Waals surface area contributed by atoms with Crippen LogP contribution in [0, 0.1) is 6.92 Å². The van der Waals surface area contributed by atoms with E-state index < -0.39 is 18.5 Å². The Labute approximate surface area is 127 Å². The molecule has 0 saturated heterocycles. The van der Waals surface area contributed by atoms with E-state index in [-0.39, 0.29) is 5.69 Å². The third kappa shape index (κ3) is 4.27. The molecule has 0 fully saturated rings. The third-order valence-electron chi connectivity index (χ3n) is 2.68. The zero-order valence-electron chi connectivity index (χ0n) is 12.2. The fraction of sp³-hybridized carbons (Fsp3) is 0.200. The Morgan fingerprint density at radius 3 is 2.73 bits per heavy atom. The minimum atomic E-state index is -0.701. The number of hydrogen-bond acceptors (Lipinski definition) is 6. The molecule has 1 heterocycles. The molecule has 2 rings (SSSR count). The first kappa shape index (κ1) is 15.4. The number of methoxy groups -OCH3 is 1. The predicted molar refractivity (Wildman–Crippen MR) is 78.7 cm³/mol. The fourth-order valence-electron chi connectivity index (χ4n) is 1.60. The Morgan fingerprint density at radius 1 is 1.23 bits per heavy atom. The number of rotatable bonds is 5. The second-order valence-corrected chi connectivity index (χ2v) is 4.40. The van der Waals surface area contributed by atoms with Crippen molar-refractivity contribution in [1.82, 2.24) is 9.97 Å². The number of esters is 1. The molecule has 7 heteroatoms. The largest absolute Gasteiger partial charge is 0.497 e. The number of nitrogens with one attached hydrogen (secondary N) is 1. The zero-order valence-corrected chi connectivity index (χ0v) is 12.2. The average molecular weight is 301 g/mol. The lowest BCUT2D eigenvalue weighted by Crippen LogP contribution is -2.21. The summed E-state index contributed by atoms with van der Waals surface area (Å²) in [6.07, 6.45) is 2.75. The van der Waals surface area contributed by atoms with E-state index in [0.717, 1.165) is 0 Å². The SMILES string of the molecule is COc1cccc(NC(=O)COC(=O)c2cnc(C)cn2)c1. The van der Waals surface area contributed by atoms with Gasteiger partial charge in [0.2, 0.25) is 0 Å². The lowest BCUT2D eigenvalue weighted by atomic mass is 10.3. The molecule has 0 radical (unpaired) electrons. The third-order valence-corrected chi connectivity index (χ3v) is 2.68. The number of nitrogens with zero attached hydrogens (tertiary/aromatic N) is 2. The van der Waals surface area contributed by atoms with Gasteiger partial charge in [-0.15, -0.1) is 0 Å². The summed E-state index contributed by atoms with van der Waals surface area (Å²) < 4.78 is 9.92. The minimum absolute atomic E-state index is 0.0554. The lowest BCUT2D eigenvalue weighted by Gasteiger charge is -2.07. The molecule has 1 aromatic carbocycles. The highest BCUT2D eigenvalue weighted by Gasteiger charge is 2.12. The Hall–Kier alpha value is -2.96. The molecule has 2 aromatic rings. The molecular formula is C15H15N3O4. The van der Waals surface area contributed by atoms with Gasteiger partial charge in [0.15, 0.2) is 12.3 Å². The van der Waals surface area contributed by atoms with E-state index in [1.807, 2.05) is 0 Å². The van der Waals surface area contributed by atoms with Crippen LogP contribution in [0.15, 0.2) is 36.7 Å². The van der Waals surface area contributed by atoms with Crippen molar-refractivity contribution in [2.45, 2.75) is 6.92 Å². The van der Waals surface area contributed by atoms with E-state index in [4.69, 9.17) is 9.47 Å². The molecule has 22 heavy (non-hydrogen) atoms. The van der Waals surface area contributed by atoms with Crippen LogP contribution in [0.4, 0.5) is 5.69 Å². The van der Waals surface area contributed by atoms with Crippen molar-refractivity contribution in [2.24, 2.45) is 0 Å². The van der Waals surface area contributed by atoms with Crippen LogP contribution in [0.3, 0.4) is 0 Å². The van der Waals surface area contributed by atoms with Gasteiger partial charge in [0.25, 0.3) is 5.91 Å². The Balaban J connectivity index is 1.87. The van der Waals surface area contributed by atoms with Crippen LogP contribution in [0.25, 0.3) is 0 Å². The van der Waals surface area contributed by atoms with Gasteiger partial charge in [-0.05, 0) is 19.1 Å². The van der Waals surface area contributed by atoms with Gasteiger partial charge in [0.05, 0.1) is 19.0 Å². The number of aryl methyl sites for hydroxylation is 1. The summed E-state index contributed by atoms with van der Waals surface area (Å²) in [5, 5.41) is 2.60. The van der Waals surface area contributed by atoms with Gasteiger partial charge < -0.3 is 14.8 Å². The van der Waals surface area contributed by atoms with Crippen LogP contribution < -0.4 is 10.1 Å². The molecule has 1 aromatic heterocycles. The van der Waals surface area contributed by atoms with E-state index in [9.17, 15) is 9.59 Å². The van der Waals surface area contributed by atoms with Gasteiger partial charge in [-0.3, -0.25) is 9.78 Å². The number of carbonyl (C=O) groups is 2. The molecular weight excluding hydrogens is 286 g/mol. The Kier molecular flexibility index (Phi) is 5.02. The van der Waals surface area contributed by atoms with Crippen LogP contribution in [0.5, 0.6) is 5.75 Å². The monoisotopic (exact) mass is 301 g/mol. The molecule has 0 spiro atoms. The quantitative estimate of drug-likeness (QED) is 0.843. The van der Waals surface area contributed by atoms with Gasteiger partial charge in [-0.25, -0.2) is 9.78 Å². The molecule has 7 nitrogen and oxygen atoms in total. The normalized spacial score (nSPS) is 9.91. The fourth-order valence-corrected chi connectivity index (χ4v) is 1.60. The summed E-state index contributed by atoms with van der Waals surface area (Å²) in [4.78, 5) is 31.2. The van der Waals surface area contributed by atoms with Gasteiger partial charge >= 0.3 is 5.97 Å². The van der Waals surface area contributed by atoms with Gasteiger partial charge in [0.1, 0.15) is 5.75 Å². The smallest absolute Gasteiger partial charge is 0.359 e.